The zero-order chi connectivity index (χ0) is 15.8. The number of aryl methyl sites for hydroxylation is 1. The van der Waals surface area contributed by atoms with Crippen LogP contribution in [0.2, 0.25) is 0 Å². The Morgan fingerprint density at radius 2 is 1.81 bits per heavy atom. The topological polar surface area (TPSA) is 37.4 Å². The van der Waals surface area contributed by atoms with Gasteiger partial charge < -0.3 is 0 Å². The molecule has 1 heterocycles. The summed E-state index contributed by atoms with van der Waals surface area (Å²) in [5, 5.41) is 1.94. The Hall–Kier alpha value is 0.270. The maximum atomic E-state index is 12.7. The van der Waals surface area contributed by atoms with Crippen LogP contribution >= 0.6 is 59.1 Å². The van der Waals surface area contributed by atoms with Gasteiger partial charge in [-0.25, -0.2) is 8.42 Å². The normalized spacial score (nSPS) is 12.1. The summed E-state index contributed by atoms with van der Waals surface area (Å²) in [5.41, 5.74) is 1.94. The minimum Gasteiger partial charge on any atom is -0.207 e. The van der Waals surface area contributed by atoms with E-state index in [2.05, 4.69) is 47.8 Å². The average molecular weight is 518 g/mol. The highest BCUT2D eigenvalue weighted by Crippen LogP contribution is 2.31. The Morgan fingerprint density at radius 1 is 1.14 bits per heavy atom. The number of benzene rings is 1. The molecule has 2 rings (SSSR count). The van der Waals surface area contributed by atoms with Crippen molar-refractivity contribution < 1.29 is 8.42 Å². The Kier molecular flexibility index (Phi) is 5.71. The first-order chi connectivity index (χ1) is 9.71. The van der Waals surface area contributed by atoms with E-state index in [0.717, 1.165) is 19.4 Å². The van der Waals surface area contributed by atoms with Crippen LogP contribution in [-0.4, -0.2) is 19.8 Å². The molecule has 0 saturated heterocycles. The van der Waals surface area contributed by atoms with Crippen LogP contribution in [0.4, 0.5) is 0 Å². The first-order valence-electron chi connectivity index (χ1n) is 5.86. The monoisotopic (exact) mass is 515 g/mol. The molecule has 0 aliphatic heterocycles. The maximum Gasteiger partial charge on any atom is 0.244 e. The lowest BCUT2D eigenvalue weighted by Crippen LogP contribution is -2.26. The largest absolute Gasteiger partial charge is 0.244 e. The van der Waals surface area contributed by atoms with Crippen molar-refractivity contribution in [3.63, 3.8) is 0 Å². The molecule has 0 spiro atoms. The van der Waals surface area contributed by atoms with Gasteiger partial charge in [0.05, 0.1) is 8.68 Å². The van der Waals surface area contributed by atoms with Crippen molar-refractivity contribution in [3.05, 3.63) is 47.4 Å². The van der Waals surface area contributed by atoms with Gasteiger partial charge >= 0.3 is 0 Å². The van der Waals surface area contributed by atoms with Gasteiger partial charge in [0.25, 0.3) is 0 Å². The second-order valence-electron chi connectivity index (χ2n) is 4.55. The average Bonchev–Trinajstić information content (AvgIpc) is 2.79. The zero-order valence-electron chi connectivity index (χ0n) is 11.2. The molecule has 21 heavy (non-hydrogen) atoms. The molecule has 2 aromatic rings. The van der Waals surface area contributed by atoms with Crippen molar-refractivity contribution in [1.82, 2.24) is 4.31 Å². The SMILES string of the molecule is Cc1cc(Br)c(S(=O)(=O)N(C)Cc2csc(Br)c2)cc1Br. The molecule has 0 atom stereocenters. The van der Waals surface area contributed by atoms with Gasteiger partial charge in [0.15, 0.2) is 0 Å². The summed E-state index contributed by atoms with van der Waals surface area (Å²) in [7, 11) is -1.97. The third-order valence-electron chi connectivity index (χ3n) is 2.93. The van der Waals surface area contributed by atoms with Crippen LogP contribution in [0.25, 0.3) is 0 Å². The molecule has 0 aliphatic carbocycles. The summed E-state index contributed by atoms with van der Waals surface area (Å²) >= 11 is 11.6. The molecule has 0 bridgehead atoms. The number of rotatable bonds is 4. The van der Waals surface area contributed by atoms with Crippen LogP contribution < -0.4 is 0 Å². The second kappa shape index (κ2) is 6.80. The highest BCUT2D eigenvalue weighted by Gasteiger charge is 2.24. The lowest BCUT2D eigenvalue weighted by molar-refractivity contribution is 0.466. The van der Waals surface area contributed by atoms with Crippen molar-refractivity contribution in [1.29, 1.82) is 0 Å². The van der Waals surface area contributed by atoms with Gasteiger partial charge in [-0.15, -0.1) is 11.3 Å². The molecule has 0 N–H and O–H groups in total. The first-order valence-corrected chi connectivity index (χ1v) is 10.6. The van der Waals surface area contributed by atoms with Gasteiger partial charge in [0.1, 0.15) is 0 Å². The van der Waals surface area contributed by atoms with Gasteiger partial charge in [0, 0.05) is 22.5 Å². The standard InChI is InChI=1S/C13H12Br3NO2S2/c1-8-3-11(15)12(5-10(8)14)21(18,19)17(2)6-9-4-13(16)20-7-9/h3-5,7H,6H2,1-2H3. The van der Waals surface area contributed by atoms with E-state index in [-0.39, 0.29) is 4.90 Å². The number of thiophene rings is 1. The fourth-order valence-corrected chi connectivity index (χ4v) is 5.76. The molecule has 0 radical (unpaired) electrons. The van der Waals surface area contributed by atoms with Crippen LogP contribution in [0, 0.1) is 6.92 Å². The number of nitrogens with zero attached hydrogens (tertiary/aromatic N) is 1. The molecule has 0 aliphatic rings. The molecule has 114 valence electrons. The Balaban J connectivity index is 2.35. The van der Waals surface area contributed by atoms with E-state index in [1.165, 1.54) is 15.6 Å². The van der Waals surface area contributed by atoms with E-state index in [1.807, 2.05) is 18.4 Å². The summed E-state index contributed by atoms with van der Waals surface area (Å²) in [6.45, 7) is 2.25. The van der Waals surface area contributed by atoms with Crippen molar-refractivity contribution in [2.24, 2.45) is 0 Å². The Morgan fingerprint density at radius 3 is 2.38 bits per heavy atom. The van der Waals surface area contributed by atoms with Crippen LogP contribution in [0.15, 0.2) is 41.2 Å². The highest BCUT2D eigenvalue weighted by molar-refractivity contribution is 9.11. The zero-order valence-corrected chi connectivity index (χ0v) is 17.6. The quantitative estimate of drug-likeness (QED) is 0.561. The van der Waals surface area contributed by atoms with E-state index in [4.69, 9.17) is 0 Å². The summed E-state index contributed by atoms with van der Waals surface area (Å²) < 4.78 is 29.1. The predicted octanol–water partition coefficient (Wildman–Crippen LogP) is 5.16. The number of hydrogen-bond acceptors (Lipinski definition) is 3. The van der Waals surface area contributed by atoms with E-state index >= 15 is 0 Å². The smallest absolute Gasteiger partial charge is 0.207 e. The third-order valence-corrected chi connectivity index (χ3v) is 8.10. The molecule has 0 saturated carbocycles. The molecule has 8 heteroatoms. The minimum absolute atomic E-state index is 0.261. The second-order valence-corrected chi connectivity index (χ2v) is 10.6. The molecule has 1 aromatic carbocycles. The van der Waals surface area contributed by atoms with Crippen molar-refractivity contribution in [3.8, 4) is 0 Å². The first kappa shape index (κ1) is 17.6. The molecule has 0 fully saturated rings. The molecule has 3 nitrogen and oxygen atoms in total. The maximum absolute atomic E-state index is 12.7. The van der Waals surface area contributed by atoms with E-state index in [1.54, 1.807) is 19.2 Å². The summed E-state index contributed by atoms with van der Waals surface area (Å²) in [5.74, 6) is 0. The highest BCUT2D eigenvalue weighted by atomic mass is 79.9. The fraction of sp³-hybridized carbons (Fsp3) is 0.231. The van der Waals surface area contributed by atoms with Gasteiger partial charge in [-0.3, -0.25) is 0 Å². The van der Waals surface area contributed by atoms with Crippen LogP contribution in [-0.2, 0) is 16.6 Å². The van der Waals surface area contributed by atoms with E-state index in [9.17, 15) is 8.42 Å². The fourth-order valence-electron chi connectivity index (χ4n) is 1.76. The molecular formula is C13H12Br3NO2S2. The Labute approximate surface area is 153 Å². The van der Waals surface area contributed by atoms with Crippen LogP contribution in [0.5, 0.6) is 0 Å². The van der Waals surface area contributed by atoms with Crippen molar-refractivity contribution >= 4 is 69.1 Å². The van der Waals surface area contributed by atoms with Crippen molar-refractivity contribution in [2.45, 2.75) is 18.4 Å². The summed E-state index contributed by atoms with van der Waals surface area (Å²) in [6.07, 6.45) is 0. The van der Waals surface area contributed by atoms with Gasteiger partial charge in [-0.2, -0.15) is 4.31 Å². The number of sulfonamides is 1. The lowest BCUT2D eigenvalue weighted by Gasteiger charge is -2.18. The third kappa shape index (κ3) is 3.97. The van der Waals surface area contributed by atoms with Gasteiger partial charge in [-0.1, -0.05) is 15.9 Å². The predicted molar refractivity (Wildman–Crippen MR) is 97.3 cm³/mol. The van der Waals surface area contributed by atoms with Gasteiger partial charge in [0.2, 0.25) is 10.0 Å². The van der Waals surface area contributed by atoms with Crippen LogP contribution in [0.1, 0.15) is 11.1 Å². The minimum atomic E-state index is -3.55. The molecule has 0 amide bonds. The van der Waals surface area contributed by atoms with E-state index < -0.39 is 10.0 Å². The molecule has 0 unspecified atom stereocenters. The number of halogens is 3. The summed E-state index contributed by atoms with van der Waals surface area (Å²) in [6, 6.07) is 5.36. The van der Waals surface area contributed by atoms with Crippen molar-refractivity contribution in [2.75, 3.05) is 7.05 Å². The Bertz CT molecular complexity index is 772. The number of hydrogen-bond donors (Lipinski definition) is 0. The summed E-state index contributed by atoms with van der Waals surface area (Å²) in [4.78, 5) is 0.261. The molecular weight excluding hydrogens is 506 g/mol. The molecule has 1 aromatic heterocycles. The van der Waals surface area contributed by atoms with Crippen LogP contribution in [0.3, 0.4) is 0 Å². The lowest BCUT2D eigenvalue weighted by atomic mass is 10.2. The van der Waals surface area contributed by atoms with E-state index in [0.29, 0.717) is 11.0 Å². The van der Waals surface area contributed by atoms with Gasteiger partial charge in [-0.05, 0) is 73.5 Å².